The van der Waals surface area contributed by atoms with Crippen LogP contribution in [0.25, 0.3) is 0 Å². The number of nitrogens with zero attached hydrogens (tertiary/aromatic N) is 1. The van der Waals surface area contributed by atoms with Gasteiger partial charge in [-0.1, -0.05) is 12.1 Å². The Kier molecular flexibility index (Phi) is 3.43. The average molecular weight is 195 g/mol. The predicted octanol–water partition coefficient (Wildman–Crippen LogP) is 0.959. The van der Waals surface area contributed by atoms with Crippen molar-refractivity contribution in [1.29, 1.82) is 5.26 Å². The van der Waals surface area contributed by atoms with Crippen molar-refractivity contribution in [2.45, 2.75) is 6.42 Å². The van der Waals surface area contributed by atoms with Crippen molar-refractivity contribution in [3.05, 3.63) is 29.8 Å². The molecule has 0 fully saturated rings. The summed E-state index contributed by atoms with van der Waals surface area (Å²) < 4.78 is 22.6. The summed E-state index contributed by atoms with van der Waals surface area (Å²) in [7, 11) is 0. The van der Waals surface area contributed by atoms with Crippen LogP contribution in [0, 0.1) is 11.3 Å². The van der Waals surface area contributed by atoms with Gasteiger partial charge in [0.2, 0.25) is 0 Å². The van der Waals surface area contributed by atoms with Gasteiger partial charge < -0.3 is 9.27 Å². The number of nitrogens with one attached hydrogen (secondary N) is 1. The first-order valence-corrected chi connectivity index (χ1v) is 4.61. The molecule has 1 unspecified atom stereocenters. The van der Waals surface area contributed by atoms with Crippen molar-refractivity contribution in [2.75, 3.05) is 4.72 Å². The maximum absolute atomic E-state index is 10.2. The predicted molar refractivity (Wildman–Crippen MR) is 48.3 cm³/mol. The molecule has 0 aromatic heterocycles. The van der Waals surface area contributed by atoms with Crippen LogP contribution in [0.5, 0.6) is 0 Å². The highest BCUT2D eigenvalue weighted by Gasteiger charge is 1.92. The summed E-state index contributed by atoms with van der Waals surface area (Å²) in [4.78, 5) is 0. The van der Waals surface area contributed by atoms with E-state index in [4.69, 9.17) is 5.26 Å². The molecule has 0 bridgehead atoms. The van der Waals surface area contributed by atoms with Gasteiger partial charge in [0.25, 0.3) is 0 Å². The van der Waals surface area contributed by atoms with E-state index >= 15 is 0 Å². The fraction of sp³-hybridized carbons (Fsp3) is 0.125. The number of anilines is 1. The first kappa shape index (κ1) is 9.71. The molecule has 13 heavy (non-hydrogen) atoms. The van der Waals surface area contributed by atoms with E-state index in [1.54, 1.807) is 24.3 Å². The summed E-state index contributed by atoms with van der Waals surface area (Å²) in [6, 6.07) is 8.64. The molecule has 1 atom stereocenters. The third kappa shape index (κ3) is 3.23. The van der Waals surface area contributed by atoms with Crippen LogP contribution >= 0.6 is 0 Å². The minimum Gasteiger partial charge on any atom is -0.755 e. The highest BCUT2D eigenvalue weighted by molar-refractivity contribution is 7.80. The van der Waals surface area contributed by atoms with E-state index in [0.717, 1.165) is 5.56 Å². The largest absolute Gasteiger partial charge is 0.755 e. The number of rotatable bonds is 3. The minimum absolute atomic E-state index is 0.334. The molecule has 0 aliphatic heterocycles. The Morgan fingerprint density at radius 3 is 2.54 bits per heavy atom. The SMILES string of the molecule is N#CCc1ccc(NS(=O)[O-])cc1. The number of nitriles is 1. The Labute approximate surface area is 78.6 Å². The Morgan fingerprint density at radius 1 is 1.46 bits per heavy atom. The first-order chi connectivity index (χ1) is 6.22. The van der Waals surface area contributed by atoms with Crippen molar-refractivity contribution >= 4 is 17.0 Å². The van der Waals surface area contributed by atoms with E-state index in [1.165, 1.54) is 0 Å². The minimum atomic E-state index is -2.29. The van der Waals surface area contributed by atoms with Gasteiger partial charge in [0.15, 0.2) is 0 Å². The molecular formula is C8H7N2O2S-. The number of hydrogen-bond acceptors (Lipinski definition) is 3. The zero-order valence-corrected chi connectivity index (χ0v) is 7.50. The molecule has 1 rings (SSSR count). The van der Waals surface area contributed by atoms with Crippen molar-refractivity contribution in [1.82, 2.24) is 0 Å². The monoisotopic (exact) mass is 195 g/mol. The van der Waals surface area contributed by atoms with E-state index in [2.05, 4.69) is 4.72 Å². The number of hydrogen-bond donors (Lipinski definition) is 1. The molecule has 0 saturated heterocycles. The van der Waals surface area contributed by atoms with Crippen LogP contribution in [-0.2, 0) is 17.7 Å². The molecule has 0 aliphatic carbocycles. The molecule has 68 valence electrons. The fourth-order valence-corrected chi connectivity index (χ4v) is 1.21. The van der Waals surface area contributed by atoms with Crippen molar-refractivity contribution in [3.63, 3.8) is 0 Å². The van der Waals surface area contributed by atoms with Gasteiger partial charge in [-0.2, -0.15) is 5.26 Å². The number of benzene rings is 1. The molecule has 4 nitrogen and oxygen atoms in total. The molecular weight excluding hydrogens is 188 g/mol. The van der Waals surface area contributed by atoms with Crippen LogP contribution in [0.4, 0.5) is 5.69 Å². The van der Waals surface area contributed by atoms with E-state index in [-0.39, 0.29) is 0 Å². The van der Waals surface area contributed by atoms with Crippen LogP contribution in [0.2, 0.25) is 0 Å². The van der Waals surface area contributed by atoms with Crippen molar-refractivity contribution in [2.24, 2.45) is 0 Å². The lowest BCUT2D eigenvalue weighted by atomic mass is 10.1. The van der Waals surface area contributed by atoms with Gasteiger partial charge in [-0.05, 0) is 17.7 Å². The van der Waals surface area contributed by atoms with Gasteiger partial charge in [-0.25, -0.2) is 0 Å². The van der Waals surface area contributed by atoms with Gasteiger partial charge in [-0.15, -0.1) is 0 Å². The third-order valence-corrected chi connectivity index (χ3v) is 1.84. The molecule has 1 aromatic rings. The summed E-state index contributed by atoms with van der Waals surface area (Å²) in [6.07, 6.45) is 0.334. The summed E-state index contributed by atoms with van der Waals surface area (Å²) in [5.41, 5.74) is 1.36. The lowest BCUT2D eigenvalue weighted by molar-refractivity contribution is 0.542. The van der Waals surface area contributed by atoms with Crippen molar-refractivity contribution < 1.29 is 8.76 Å². The molecule has 0 saturated carbocycles. The van der Waals surface area contributed by atoms with Gasteiger partial charge in [-0.3, -0.25) is 4.21 Å². The summed E-state index contributed by atoms with van der Waals surface area (Å²) in [6.45, 7) is 0. The molecule has 1 aromatic carbocycles. The third-order valence-electron chi connectivity index (χ3n) is 1.44. The molecule has 0 heterocycles. The Balaban J connectivity index is 2.70. The average Bonchev–Trinajstić information content (AvgIpc) is 2.08. The van der Waals surface area contributed by atoms with Gasteiger partial charge >= 0.3 is 0 Å². The second kappa shape index (κ2) is 4.60. The summed E-state index contributed by atoms with van der Waals surface area (Å²) in [5.74, 6) is 0. The highest BCUT2D eigenvalue weighted by atomic mass is 32.2. The Hall–Kier alpha value is -1.38. The molecule has 0 aliphatic rings. The Morgan fingerprint density at radius 2 is 2.08 bits per heavy atom. The van der Waals surface area contributed by atoms with E-state index < -0.39 is 11.3 Å². The molecule has 0 radical (unpaired) electrons. The second-order valence-electron chi connectivity index (χ2n) is 2.37. The smallest absolute Gasteiger partial charge is 0.0669 e. The van der Waals surface area contributed by atoms with Crippen LogP contribution in [-0.4, -0.2) is 8.76 Å². The van der Waals surface area contributed by atoms with Crippen LogP contribution in [0.15, 0.2) is 24.3 Å². The van der Waals surface area contributed by atoms with Crippen LogP contribution in [0.1, 0.15) is 5.56 Å². The summed E-state index contributed by atoms with van der Waals surface area (Å²) in [5, 5.41) is 8.37. The van der Waals surface area contributed by atoms with Crippen LogP contribution in [0.3, 0.4) is 0 Å². The van der Waals surface area contributed by atoms with Crippen molar-refractivity contribution in [3.8, 4) is 6.07 Å². The molecule has 0 spiro atoms. The standard InChI is InChI=1S/C8H8N2O2S/c9-6-5-7-1-3-8(4-2-7)10-13(11)12/h1-4,10H,5H2,(H,11,12)/p-1. The zero-order chi connectivity index (χ0) is 9.68. The maximum Gasteiger partial charge on any atom is 0.0669 e. The van der Waals surface area contributed by atoms with E-state index in [1.807, 2.05) is 6.07 Å². The molecule has 5 heteroatoms. The first-order valence-electron chi connectivity index (χ1n) is 3.54. The Bertz CT molecular complexity index is 342. The van der Waals surface area contributed by atoms with Gasteiger partial charge in [0.05, 0.1) is 12.5 Å². The maximum atomic E-state index is 10.2. The van der Waals surface area contributed by atoms with Gasteiger partial charge in [0.1, 0.15) is 0 Å². The normalized spacial score (nSPS) is 11.7. The highest BCUT2D eigenvalue weighted by Crippen LogP contribution is 2.09. The summed E-state index contributed by atoms with van der Waals surface area (Å²) >= 11 is -2.29. The lowest BCUT2D eigenvalue weighted by Crippen LogP contribution is -2.01. The lowest BCUT2D eigenvalue weighted by Gasteiger charge is -2.08. The van der Waals surface area contributed by atoms with Crippen LogP contribution < -0.4 is 4.72 Å². The fourth-order valence-electron chi connectivity index (χ4n) is 0.878. The van der Waals surface area contributed by atoms with E-state index in [9.17, 15) is 8.76 Å². The second-order valence-corrected chi connectivity index (χ2v) is 3.04. The zero-order valence-electron chi connectivity index (χ0n) is 6.69. The van der Waals surface area contributed by atoms with Gasteiger partial charge in [0, 0.05) is 17.0 Å². The van der Waals surface area contributed by atoms with E-state index in [0.29, 0.717) is 12.1 Å². The molecule has 0 amide bonds. The quantitative estimate of drug-likeness (QED) is 0.730. The molecule has 1 N–H and O–H groups in total. The topological polar surface area (TPSA) is 76.0 Å².